The monoisotopic (exact) mass is 444 g/mol. The molecule has 1 rings (SSSR count). The smallest absolute Gasteiger partial charge is 0.326 e. The van der Waals surface area contributed by atoms with Crippen LogP contribution in [0.25, 0.3) is 0 Å². The molecule has 4 atom stereocenters. The molecule has 1 saturated heterocycles. The van der Waals surface area contributed by atoms with Crippen LogP contribution < -0.4 is 16.4 Å². The van der Waals surface area contributed by atoms with Gasteiger partial charge in [0.2, 0.25) is 17.7 Å². The number of likely N-dealkylation sites (tertiary alicyclic amines) is 1. The number of nitrogens with zero attached hydrogens (tertiary/aromatic N) is 1. The van der Waals surface area contributed by atoms with Crippen LogP contribution in [0.15, 0.2) is 0 Å². The zero-order valence-corrected chi connectivity index (χ0v) is 17.1. The van der Waals surface area contributed by atoms with Crippen LogP contribution >= 0.6 is 0 Å². The Balaban J connectivity index is 2.93. The zero-order chi connectivity index (χ0) is 23.7. The van der Waals surface area contributed by atoms with E-state index in [2.05, 4.69) is 10.6 Å². The van der Waals surface area contributed by atoms with Crippen LogP contribution in [0.1, 0.15) is 45.4 Å². The van der Waals surface area contributed by atoms with Gasteiger partial charge in [-0.05, 0) is 32.6 Å². The minimum Gasteiger partial charge on any atom is -0.481 e. The maximum atomic E-state index is 13.0. The van der Waals surface area contributed by atoms with Gasteiger partial charge in [-0.2, -0.15) is 0 Å². The molecule has 0 aromatic heterocycles. The normalized spacial score (nSPS) is 18.5. The Kier molecular flexibility index (Phi) is 9.86. The van der Waals surface area contributed by atoms with Crippen LogP contribution in [0.5, 0.6) is 0 Å². The van der Waals surface area contributed by atoms with Gasteiger partial charge in [-0.1, -0.05) is 0 Å². The summed E-state index contributed by atoms with van der Waals surface area (Å²) in [6.07, 6.45) is -0.752. The first-order valence-corrected chi connectivity index (χ1v) is 9.77. The van der Waals surface area contributed by atoms with E-state index in [1.807, 2.05) is 0 Å². The van der Waals surface area contributed by atoms with Gasteiger partial charge in [-0.15, -0.1) is 0 Å². The molecule has 174 valence electrons. The molecule has 4 unspecified atom stereocenters. The minimum absolute atomic E-state index is 0.154. The Hall–Kier alpha value is -3.22. The molecule has 3 amide bonds. The Morgan fingerprint density at radius 3 is 2.00 bits per heavy atom. The number of carbonyl (C=O) groups is 6. The second-order valence-electron chi connectivity index (χ2n) is 7.30. The van der Waals surface area contributed by atoms with Crippen LogP contribution in [-0.4, -0.2) is 86.6 Å². The summed E-state index contributed by atoms with van der Waals surface area (Å²) in [4.78, 5) is 71.6. The predicted octanol–water partition coefficient (Wildman–Crippen LogP) is -1.89. The predicted molar refractivity (Wildman–Crippen MR) is 104 cm³/mol. The molecule has 13 heteroatoms. The second kappa shape index (κ2) is 11.8. The third-order valence-corrected chi connectivity index (χ3v) is 4.78. The fourth-order valence-electron chi connectivity index (χ4n) is 3.12. The van der Waals surface area contributed by atoms with E-state index in [1.165, 1.54) is 11.8 Å². The molecule has 13 nitrogen and oxygen atoms in total. The van der Waals surface area contributed by atoms with Crippen molar-refractivity contribution < 1.29 is 44.1 Å². The Morgan fingerprint density at radius 2 is 1.52 bits per heavy atom. The van der Waals surface area contributed by atoms with Gasteiger partial charge in [-0.3, -0.25) is 24.0 Å². The number of amides is 3. The Bertz CT molecular complexity index is 725. The molecular weight excluding hydrogens is 416 g/mol. The van der Waals surface area contributed by atoms with Crippen molar-refractivity contribution in [3.05, 3.63) is 0 Å². The molecule has 0 spiro atoms. The van der Waals surface area contributed by atoms with Crippen LogP contribution in [0.4, 0.5) is 0 Å². The summed E-state index contributed by atoms with van der Waals surface area (Å²) in [7, 11) is 0. The van der Waals surface area contributed by atoms with Crippen molar-refractivity contribution in [1.29, 1.82) is 0 Å². The fraction of sp³-hybridized carbons (Fsp3) is 0.667. The molecule has 1 aliphatic rings. The maximum absolute atomic E-state index is 13.0. The van der Waals surface area contributed by atoms with E-state index in [0.717, 1.165) is 0 Å². The molecule has 1 fully saturated rings. The van der Waals surface area contributed by atoms with Crippen molar-refractivity contribution in [2.24, 2.45) is 5.73 Å². The van der Waals surface area contributed by atoms with E-state index in [-0.39, 0.29) is 25.8 Å². The second-order valence-corrected chi connectivity index (χ2v) is 7.30. The van der Waals surface area contributed by atoms with E-state index < -0.39 is 72.6 Å². The fourth-order valence-corrected chi connectivity index (χ4v) is 3.12. The van der Waals surface area contributed by atoms with Crippen molar-refractivity contribution in [2.45, 2.75) is 69.6 Å². The highest BCUT2D eigenvalue weighted by atomic mass is 16.4. The van der Waals surface area contributed by atoms with Gasteiger partial charge >= 0.3 is 17.9 Å². The SMILES string of the molecule is CC(N)C(=O)NC(CCC(=O)O)C(=O)N1CCCC1C(=O)NC(CCC(=O)O)C(=O)O. The lowest BCUT2D eigenvalue weighted by Crippen LogP contribution is -2.56. The first-order chi connectivity index (χ1) is 14.4. The summed E-state index contributed by atoms with van der Waals surface area (Å²) in [5, 5.41) is 31.5. The summed E-state index contributed by atoms with van der Waals surface area (Å²) in [5.74, 6) is -5.90. The van der Waals surface area contributed by atoms with Gasteiger partial charge in [0.15, 0.2) is 0 Å². The molecule has 0 aliphatic carbocycles. The summed E-state index contributed by atoms with van der Waals surface area (Å²) < 4.78 is 0. The number of hydrogen-bond acceptors (Lipinski definition) is 7. The summed E-state index contributed by atoms with van der Waals surface area (Å²) in [6.45, 7) is 1.55. The molecule has 31 heavy (non-hydrogen) atoms. The first-order valence-electron chi connectivity index (χ1n) is 9.77. The number of hydrogen-bond donors (Lipinski definition) is 6. The minimum atomic E-state index is -1.44. The number of nitrogens with two attached hydrogens (primary N) is 1. The lowest BCUT2D eigenvalue weighted by Gasteiger charge is -2.29. The molecule has 0 bridgehead atoms. The van der Waals surface area contributed by atoms with Gasteiger partial charge in [0.1, 0.15) is 18.1 Å². The molecule has 7 N–H and O–H groups in total. The highest BCUT2D eigenvalue weighted by Crippen LogP contribution is 2.20. The van der Waals surface area contributed by atoms with Crippen LogP contribution in [0.2, 0.25) is 0 Å². The average Bonchev–Trinajstić information content (AvgIpc) is 3.16. The molecule has 0 aromatic carbocycles. The van der Waals surface area contributed by atoms with E-state index in [1.54, 1.807) is 0 Å². The number of carbonyl (C=O) groups excluding carboxylic acids is 3. The molecule has 1 heterocycles. The van der Waals surface area contributed by atoms with E-state index >= 15 is 0 Å². The van der Waals surface area contributed by atoms with E-state index in [0.29, 0.717) is 6.42 Å². The standard InChI is InChI=1S/C18H28N4O9/c1-9(19)15(27)20-10(4-6-13(23)24)17(29)22-8-2-3-12(22)16(28)21-11(18(30)31)5-7-14(25)26/h9-12H,2-8,19H2,1H3,(H,20,27)(H,21,28)(H,23,24)(H,25,26)(H,30,31). The summed E-state index contributed by atoms with van der Waals surface area (Å²) in [6, 6.07) is -4.63. The largest absolute Gasteiger partial charge is 0.481 e. The Morgan fingerprint density at radius 1 is 0.968 bits per heavy atom. The molecule has 0 saturated carbocycles. The number of carboxylic acid groups (broad SMARTS) is 3. The first kappa shape index (κ1) is 25.8. The van der Waals surface area contributed by atoms with Crippen LogP contribution in [-0.2, 0) is 28.8 Å². The highest BCUT2D eigenvalue weighted by molar-refractivity contribution is 5.94. The number of rotatable bonds is 12. The number of aliphatic carboxylic acids is 3. The Labute approximate surface area is 177 Å². The molecule has 0 aromatic rings. The molecule has 0 radical (unpaired) electrons. The molecule has 1 aliphatic heterocycles. The van der Waals surface area contributed by atoms with Crippen molar-refractivity contribution in [1.82, 2.24) is 15.5 Å². The quantitative estimate of drug-likeness (QED) is 0.197. The summed E-state index contributed by atoms with van der Waals surface area (Å²) >= 11 is 0. The van der Waals surface area contributed by atoms with Gasteiger partial charge in [0.25, 0.3) is 0 Å². The molecular formula is C18H28N4O9. The van der Waals surface area contributed by atoms with Gasteiger partial charge in [0, 0.05) is 19.4 Å². The van der Waals surface area contributed by atoms with Crippen molar-refractivity contribution in [2.75, 3.05) is 6.54 Å². The van der Waals surface area contributed by atoms with Gasteiger partial charge in [0.05, 0.1) is 6.04 Å². The van der Waals surface area contributed by atoms with Gasteiger partial charge in [-0.25, -0.2) is 4.79 Å². The number of carboxylic acids is 3. The maximum Gasteiger partial charge on any atom is 0.326 e. The lowest BCUT2D eigenvalue weighted by atomic mass is 10.1. The average molecular weight is 444 g/mol. The lowest BCUT2D eigenvalue weighted by molar-refractivity contribution is -0.145. The van der Waals surface area contributed by atoms with E-state index in [9.17, 15) is 33.9 Å². The van der Waals surface area contributed by atoms with Crippen molar-refractivity contribution >= 4 is 35.6 Å². The third kappa shape index (κ3) is 8.20. The highest BCUT2D eigenvalue weighted by Gasteiger charge is 2.39. The van der Waals surface area contributed by atoms with E-state index in [4.69, 9.17) is 15.9 Å². The van der Waals surface area contributed by atoms with Crippen molar-refractivity contribution in [3.8, 4) is 0 Å². The topological polar surface area (TPSA) is 216 Å². The van der Waals surface area contributed by atoms with Gasteiger partial charge < -0.3 is 36.6 Å². The number of nitrogens with one attached hydrogen (secondary N) is 2. The van der Waals surface area contributed by atoms with Crippen LogP contribution in [0.3, 0.4) is 0 Å². The third-order valence-electron chi connectivity index (χ3n) is 4.78. The summed E-state index contributed by atoms with van der Waals surface area (Å²) in [5.41, 5.74) is 5.49. The van der Waals surface area contributed by atoms with Crippen LogP contribution in [0, 0.1) is 0 Å². The zero-order valence-electron chi connectivity index (χ0n) is 17.1. The van der Waals surface area contributed by atoms with Crippen molar-refractivity contribution in [3.63, 3.8) is 0 Å².